The number of hydrogen-bond donors (Lipinski definition) is 1. The fourth-order valence-electron chi connectivity index (χ4n) is 2.36. The molecule has 0 aliphatic heterocycles. The van der Waals surface area contributed by atoms with Gasteiger partial charge in [-0.3, -0.25) is 4.90 Å². The zero-order valence-electron chi connectivity index (χ0n) is 12.2. The smallest absolute Gasteiger partial charge is 0.146 e. The van der Waals surface area contributed by atoms with Crippen LogP contribution in [0.5, 0.6) is 0 Å². The maximum absolute atomic E-state index is 14.0. The van der Waals surface area contributed by atoms with E-state index >= 15 is 0 Å². The molecule has 21 heavy (non-hydrogen) atoms. The second-order valence-electron chi connectivity index (χ2n) is 5.12. The van der Waals surface area contributed by atoms with Crippen molar-refractivity contribution in [3.05, 3.63) is 64.4 Å². The summed E-state index contributed by atoms with van der Waals surface area (Å²) in [6.07, 6.45) is 0.995. The molecule has 2 rings (SSSR count). The van der Waals surface area contributed by atoms with Gasteiger partial charge in [0.1, 0.15) is 5.82 Å². The number of hydrogen-bond acceptors (Lipinski definition) is 2. The molecule has 0 spiro atoms. The van der Waals surface area contributed by atoms with Gasteiger partial charge in [0.25, 0.3) is 0 Å². The van der Waals surface area contributed by atoms with Gasteiger partial charge in [0.2, 0.25) is 0 Å². The molecule has 0 aliphatic carbocycles. The maximum atomic E-state index is 14.0. The molecular weight excluding hydrogens is 287 g/mol. The Morgan fingerprint density at radius 1 is 1.05 bits per heavy atom. The van der Waals surface area contributed by atoms with Crippen molar-refractivity contribution in [3.8, 4) is 0 Å². The number of rotatable bonds is 6. The molecule has 112 valence electrons. The first-order chi connectivity index (χ1) is 10.1. The molecule has 0 aromatic heterocycles. The minimum absolute atomic E-state index is 0.170. The van der Waals surface area contributed by atoms with E-state index in [2.05, 4.69) is 11.8 Å². The van der Waals surface area contributed by atoms with Gasteiger partial charge in [0, 0.05) is 24.3 Å². The molecule has 0 fully saturated rings. The molecule has 0 unspecified atom stereocenters. The zero-order chi connectivity index (χ0) is 15.2. The Labute approximate surface area is 130 Å². The number of nitrogens with two attached hydrogens (primary N) is 1. The van der Waals surface area contributed by atoms with Crippen LogP contribution in [0.25, 0.3) is 0 Å². The van der Waals surface area contributed by atoms with Crippen molar-refractivity contribution in [2.45, 2.75) is 26.4 Å². The minimum Gasteiger partial charge on any atom is -0.398 e. The summed E-state index contributed by atoms with van der Waals surface area (Å²) in [6.45, 7) is 4.21. The van der Waals surface area contributed by atoms with Crippen LogP contribution in [0.4, 0.5) is 10.1 Å². The standard InChI is InChI=1S/C17H20ClFN2/c1-2-10-21(11-13-6-3-4-9-16(13)20)12-14-7-5-8-15(18)17(14)19/h3-9H,2,10-12,20H2,1H3. The van der Waals surface area contributed by atoms with E-state index < -0.39 is 0 Å². The van der Waals surface area contributed by atoms with Crippen LogP contribution in [0, 0.1) is 5.82 Å². The van der Waals surface area contributed by atoms with Crippen LogP contribution in [0.15, 0.2) is 42.5 Å². The van der Waals surface area contributed by atoms with E-state index in [0.29, 0.717) is 18.7 Å². The SMILES string of the molecule is CCCN(Cc1ccccc1N)Cc1cccc(Cl)c1F. The average molecular weight is 307 g/mol. The summed E-state index contributed by atoms with van der Waals surface area (Å²) in [5.41, 5.74) is 8.44. The van der Waals surface area contributed by atoms with Gasteiger partial charge >= 0.3 is 0 Å². The van der Waals surface area contributed by atoms with Crippen LogP contribution in [0.1, 0.15) is 24.5 Å². The van der Waals surface area contributed by atoms with E-state index in [1.54, 1.807) is 18.2 Å². The maximum Gasteiger partial charge on any atom is 0.146 e. The largest absolute Gasteiger partial charge is 0.398 e. The first-order valence-electron chi connectivity index (χ1n) is 7.10. The van der Waals surface area contributed by atoms with Gasteiger partial charge in [0.15, 0.2) is 0 Å². The van der Waals surface area contributed by atoms with E-state index in [0.717, 1.165) is 24.2 Å². The molecule has 0 amide bonds. The molecule has 0 radical (unpaired) electrons. The lowest BCUT2D eigenvalue weighted by molar-refractivity contribution is 0.254. The minimum atomic E-state index is -0.332. The monoisotopic (exact) mass is 306 g/mol. The van der Waals surface area contributed by atoms with Crippen molar-refractivity contribution in [2.24, 2.45) is 0 Å². The van der Waals surface area contributed by atoms with Crippen LogP contribution in [0.3, 0.4) is 0 Å². The molecule has 2 aromatic carbocycles. The molecule has 2 aromatic rings. The molecule has 2 N–H and O–H groups in total. The Morgan fingerprint density at radius 3 is 2.43 bits per heavy atom. The molecule has 0 bridgehead atoms. The van der Waals surface area contributed by atoms with Crippen LogP contribution in [-0.2, 0) is 13.1 Å². The van der Waals surface area contributed by atoms with Crippen molar-refractivity contribution in [1.82, 2.24) is 4.90 Å². The third-order valence-electron chi connectivity index (χ3n) is 3.41. The van der Waals surface area contributed by atoms with Gasteiger partial charge in [-0.15, -0.1) is 0 Å². The van der Waals surface area contributed by atoms with E-state index in [-0.39, 0.29) is 10.8 Å². The van der Waals surface area contributed by atoms with Crippen molar-refractivity contribution in [2.75, 3.05) is 12.3 Å². The summed E-state index contributed by atoms with van der Waals surface area (Å²) in [5.74, 6) is -0.332. The molecule has 0 saturated carbocycles. The summed E-state index contributed by atoms with van der Waals surface area (Å²) < 4.78 is 14.0. The van der Waals surface area contributed by atoms with E-state index in [4.69, 9.17) is 17.3 Å². The highest BCUT2D eigenvalue weighted by Crippen LogP contribution is 2.21. The van der Waals surface area contributed by atoms with Gasteiger partial charge in [-0.25, -0.2) is 4.39 Å². The summed E-state index contributed by atoms with van der Waals surface area (Å²) in [5, 5.41) is 0.170. The Balaban J connectivity index is 2.16. The third kappa shape index (κ3) is 4.19. The summed E-state index contributed by atoms with van der Waals surface area (Å²) in [6, 6.07) is 12.9. The van der Waals surface area contributed by atoms with E-state index in [1.807, 2.05) is 24.3 Å². The average Bonchev–Trinajstić information content (AvgIpc) is 2.46. The van der Waals surface area contributed by atoms with Crippen LogP contribution in [0.2, 0.25) is 5.02 Å². The fraction of sp³-hybridized carbons (Fsp3) is 0.294. The highest BCUT2D eigenvalue weighted by molar-refractivity contribution is 6.30. The van der Waals surface area contributed by atoms with Crippen LogP contribution in [-0.4, -0.2) is 11.4 Å². The first-order valence-corrected chi connectivity index (χ1v) is 7.48. The van der Waals surface area contributed by atoms with Crippen molar-refractivity contribution < 1.29 is 4.39 Å². The third-order valence-corrected chi connectivity index (χ3v) is 3.71. The second kappa shape index (κ2) is 7.43. The molecule has 0 heterocycles. The van der Waals surface area contributed by atoms with Crippen molar-refractivity contribution in [3.63, 3.8) is 0 Å². The van der Waals surface area contributed by atoms with Crippen LogP contribution >= 0.6 is 11.6 Å². The molecule has 2 nitrogen and oxygen atoms in total. The lowest BCUT2D eigenvalue weighted by Crippen LogP contribution is -2.24. The first kappa shape index (κ1) is 15.8. The molecular formula is C17H20ClFN2. The Hall–Kier alpha value is -1.58. The molecule has 0 atom stereocenters. The summed E-state index contributed by atoms with van der Waals surface area (Å²) >= 11 is 5.85. The summed E-state index contributed by atoms with van der Waals surface area (Å²) in [7, 11) is 0. The second-order valence-corrected chi connectivity index (χ2v) is 5.53. The predicted molar refractivity (Wildman–Crippen MR) is 86.7 cm³/mol. The lowest BCUT2D eigenvalue weighted by Gasteiger charge is -2.23. The lowest BCUT2D eigenvalue weighted by atomic mass is 10.1. The highest BCUT2D eigenvalue weighted by atomic mass is 35.5. The molecule has 0 saturated heterocycles. The number of benzene rings is 2. The Morgan fingerprint density at radius 2 is 1.71 bits per heavy atom. The van der Waals surface area contributed by atoms with Crippen molar-refractivity contribution >= 4 is 17.3 Å². The summed E-state index contributed by atoms with van der Waals surface area (Å²) in [4.78, 5) is 2.18. The fourth-order valence-corrected chi connectivity index (χ4v) is 2.55. The van der Waals surface area contributed by atoms with Gasteiger partial charge in [-0.05, 0) is 30.7 Å². The number of nitrogen functional groups attached to an aromatic ring is 1. The van der Waals surface area contributed by atoms with Gasteiger partial charge < -0.3 is 5.73 Å². The van der Waals surface area contributed by atoms with Gasteiger partial charge in [-0.2, -0.15) is 0 Å². The van der Waals surface area contributed by atoms with Crippen LogP contribution < -0.4 is 5.73 Å². The van der Waals surface area contributed by atoms with Gasteiger partial charge in [0.05, 0.1) is 5.02 Å². The molecule has 0 aliphatic rings. The number of halogens is 2. The van der Waals surface area contributed by atoms with E-state index in [1.165, 1.54) is 0 Å². The zero-order valence-corrected chi connectivity index (χ0v) is 12.9. The number of para-hydroxylation sites is 1. The highest BCUT2D eigenvalue weighted by Gasteiger charge is 2.12. The van der Waals surface area contributed by atoms with Crippen molar-refractivity contribution in [1.29, 1.82) is 0 Å². The topological polar surface area (TPSA) is 29.3 Å². The predicted octanol–water partition coefficient (Wildman–Crippen LogP) is 4.47. The van der Waals surface area contributed by atoms with Gasteiger partial charge in [-0.1, -0.05) is 48.9 Å². The Bertz CT molecular complexity index is 601. The number of nitrogens with zero attached hydrogens (tertiary/aromatic N) is 1. The quantitative estimate of drug-likeness (QED) is 0.798. The number of anilines is 1. The van der Waals surface area contributed by atoms with E-state index in [9.17, 15) is 4.39 Å². The molecule has 4 heteroatoms. The Kier molecular flexibility index (Phi) is 5.59. The normalized spacial score (nSPS) is 11.0.